The molecule has 0 heterocycles. The summed E-state index contributed by atoms with van der Waals surface area (Å²) in [5.41, 5.74) is 4.12. The highest BCUT2D eigenvalue weighted by molar-refractivity contribution is 7.90. The number of sulfone groups is 1. The van der Waals surface area contributed by atoms with Crippen LogP contribution in [-0.2, 0) is 9.84 Å². The summed E-state index contributed by atoms with van der Waals surface area (Å²) >= 11 is 0. The number of fused-ring (bicyclic) bond motifs is 1. The molecule has 0 bridgehead atoms. The summed E-state index contributed by atoms with van der Waals surface area (Å²) in [4.78, 5) is -0.0682. The van der Waals surface area contributed by atoms with Gasteiger partial charge in [-0.2, -0.15) is 0 Å². The summed E-state index contributed by atoms with van der Waals surface area (Å²) in [6.07, 6.45) is 6.58. The Hall–Kier alpha value is -2.40. The van der Waals surface area contributed by atoms with E-state index in [4.69, 9.17) is 0 Å². The molecule has 3 rings (SSSR count). The van der Waals surface area contributed by atoms with Crippen molar-refractivity contribution >= 4 is 27.6 Å². The van der Waals surface area contributed by atoms with Crippen LogP contribution in [0.4, 0.5) is 4.39 Å². The number of rotatable bonds is 4. The van der Waals surface area contributed by atoms with Gasteiger partial charge in [-0.05, 0) is 59.0 Å². The first kappa shape index (κ1) is 17.4. The molecular weight excluding hydrogens is 339 g/mol. The first-order valence-electron chi connectivity index (χ1n) is 8.06. The molecule has 0 amide bonds. The molecule has 0 saturated heterocycles. The van der Waals surface area contributed by atoms with Gasteiger partial charge in [-0.1, -0.05) is 31.5 Å². The van der Waals surface area contributed by atoms with Crippen molar-refractivity contribution in [3.63, 3.8) is 0 Å². The van der Waals surface area contributed by atoms with Crippen molar-refractivity contribution in [2.75, 3.05) is 6.26 Å². The molecule has 25 heavy (non-hydrogen) atoms. The number of phenolic OH excluding ortho intramolecular Hbond substituents is 1. The summed E-state index contributed by atoms with van der Waals surface area (Å²) < 4.78 is 36.8. The van der Waals surface area contributed by atoms with E-state index in [1.165, 1.54) is 18.2 Å². The van der Waals surface area contributed by atoms with Crippen LogP contribution in [0.1, 0.15) is 36.5 Å². The first-order chi connectivity index (χ1) is 11.8. The molecule has 1 aliphatic carbocycles. The molecule has 0 aromatic heterocycles. The molecule has 2 aromatic rings. The molecule has 1 aliphatic rings. The molecule has 0 unspecified atom stereocenters. The highest BCUT2D eigenvalue weighted by Gasteiger charge is 2.25. The maximum Gasteiger partial charge on any atom is 0.179 e. The predicted molar refractivity (Wildman–Crippen MR) is 98.4 cm³/mol. The topological polar surface area (TPSA) is 54.4 Å². The van der Waals surface area contributed by atoms with E-state index in [2.05, 4.69) is 6.92 Å². The fourth-order valence-electron chi connectivity index (χ4n) is 3.07. The molecule has 0 fully saturated rings. The van der Waals surface area contributed by atoms with Crippen molar-refractivity contribution in [2.45, 2.75) is 24.7 Å². The Morgan fingerprint density at radius 2 is 1.80 bits per heavy atom. The number of halogens is 1. The third kappa shape index (κ3) is 3.37. The minimum absolute atomic E-state index is 0.0682. The molecule has 5 heteroatoms. The average molecular weight is 358 g/mol. The van der Waals surface area contributed by atoms with Crippen LogP contribution < -0.4 is 0 Å². The van der Waals surface area contributed by atoms with Crippen molar-refractivity contribution in [2.24, 2.45) is 0 Å². The van der Waals surface area contributed by atoms with Crippen LogP contribution in [-0.4, -0.2) is 19.8 Å². The maximum atomic E-state index is 13.1. The molecule has 1 N–H and O–H groups in total. The second-order valence-corrected chi connectivity index (χ2v) is 8.16. The smallest absolute Gasteiger partial charge is 0.179 e. The largest absolute Gasteiger partial charge is 0.506 e. The summed E-state index contributed by atoms with van der Waals surface area (Å²) in [6, 6.07) is 9.33. The quantitative estimate of drug-likeness (QED) is 0.864. The van der Waals surface area contributed by atoms with Gasteiger partial charge in [-0.3, -0.25) is 0 Å². The van der Waals surface area contributed by atoms with Gasteiger partial charge in [0, 0.05) is 11.8 Å². The lowest BCUT2D eigenvalue weighted by Crippen LogP contribution is -1.99. The van der Waals surface area contributed by atoms with Gasteiger partial charge in [0.05, 0.1) is 0 Å². The molecule has 0 atom stereocenters. The number of phenols is 1. The Balaban J connectivity index is 2.17. The van der Waals surface area contributed by atoms with Crippen molar-refractivity contribution in [1.82, 2.24) is 0 Å². The fraction of sp³-hybridized carbons (Fsp3) is 0.200. The lowest BCUT2D eigenvalue weighted by atomic mass is 9.97. The molecule has 0 saturated carbocycles. The zero-order valence-electron chi connectivity index (χ0n) is 14.1. The zero-order valence-corrected chi connectivity index (χ0v) is 14.9. The molecule has 0 radical (unpaired) electrons. The normalized spacial score (nSPS) is 15.3. The van der Waals surface area contributed by atoms with Gasteiger partial charge in [0.2, 0.25) is 0 Å². The van der Waals surface area contributed by atoms with E-state index in [-0.39, 0.29) is 16.5 Å². The molecule has 130 valence electrons. The lowest BCUT2D eigenvalue weighted by Gasteiger charge is -2.10. The second kappa shape index (κ2) is 6.48. The predicted octanol–water partition coefficient (Wildman–Crippen LogP) is 4.67. The van der Waals surface area contributed by atoms with Crippen LogP contribution in [0.3, 0.4) is 0 Å². The summed E-state index contributed by atoms with van der Waals surface area (Å²) in [5.74, 6) is -0.509. The number of hydrogen-bond donors (Lipinski definition) is 1. The van der Waals surface area contributed by atoms with E-state index >= 15 is 0 Å². The summed E-state index contributed by atoms with van der Waals surface area (Å²) in [6.45, 7) is 2.06. The minimum atomic E-state index is -3.51. The minimum Gasteiger partial charge on any atom is -0.506 e. The third-order valence-electron chi connectivity index (χ3n) is 4.23. The third-order valence-corrected chi connectivity index (χ3v) is 5.36. The van der Waals surface area contributed by atoms with E-state index in [0.717, 1.165) is 41.4 Å². The van der Waals surface area contributed by atoms with Crippen LogP contribution in [0.2, 0.25) is 0 Å². The molecule has 3 nitrogen and oxygen atoms in total. The zero-order chi connectivity index (χ0) is 18.2. The second-order valence-electron chi connectivity index (χ2n) is 6.17. The number of allylic oxidation sites excluding steroid dienone is 2. The van der Waals surface area contributed by atoms with Gasteiger partial charge in [0.1, 0.15) is 16.5 Å². The number of hydrogen-bond acceptors (Lipinski definition) is 3. The Morgan fingerprint density at radius 3 is 2.40 bits per heavy atom. The molecular formula is C20H19FO3S. The van der Waals surface area contributed by atoms with Crippen molar-refractivity contribution in [3.05, 3.63) is 64.5 Å². The van der Waals surface area contributed by atoms with Crippen LogP contribution >= 0.6 is 0 Å². The Bertz CT molecular complexity index is 984. The monoisotopic (exact) mass is 358 g/mol. The Kier molecular flexibility index (Phi) is 4.52. The SMILES string of the molecule is CCCC1=Cc2c(ccc(S(C)(=O)=O)c2O)/C1=C\c1ccc(F)cc1. The highest BCUT2D eigenvalue weighted by Crippen LogP contribution is 2.44. The first-order valence-corrected chi connectivity index (χ1v) is 9.95. The molecule has 0 spiro atoms. The summed E-state index contributed by atoms with van der Waals surface area (Å²) in [7, 11) is -3.51. The van der Waals surface area contributed by atoms with E-state index < -0.39 is 9.84 Å². The van der Waals surface area contributed by atoms with Gasteiger partial charge in [-0.15, -0.1) is 0 Å². The lowest BCUT2D eigenvalue weighted by molar-refractivity contribution is 0.458. The Morgan fingerprint density at radius 1 is 1.12 bits per heavy atom. The van der Waals surface area contributed by atoms with E-state index in [0.29, 0.717) is 5.56 Å². The van der Waals surface area contributed by atoms with Crippen LogP contribution in [0.15, 0.2) is 46.9 Å². The van der Waals surface area contributed by atoms with Gasteiger partial charge in [0.15, 0.2) is 9.84 Å². The van der Waals surface area contributed by atoms with Gasteiger partial charge in [0.25, 0.3) is 0 Å². The van der Waals surface area contributed by atoms with Gasteiger partial charge in [-0.25, -0.2) is 12.8 Å². The van der Waals surface area contributed by atoms with Crippen molar-refractivity contribution in [1.29, 1.82) is 0 Å². The van der Waals surface area contributed by atoms with E-state index in [1.54, 1.807) is 18.2 Å². The summed E-state index contributed by atoms with van der Waals surface area (Å²) in [5, 5.41) is 10.5. The van der Waals surface area contributed by atoms with Crippen LogP contribution in [0.25, 0.3) is 17.7 Å². The fourth-order valence-corrected chi connectivity index (χ4v) is 3.84. The average Bonchev–Trinajstić information content (AvgIpc) is 2.88. The molecule has 0 aliphatic heterocycles. The highest BCUT2D eigenvalue weighted by atomic mass is 32.2. The Labute approximate surface area is 147 Å². The maximum absolute atomic E-state index is 13.1. The van der Waals surface area contributed by atoms with Crippen LogP contribution in [0, 0.1) is 5.82 Å². The number of aromatic hydroxyl groups is 1. The van der Waals surface area contributed by atoms with Gasteiger partial charge >= 0.3 is 0 Å². The van der Waals surface area contributed by atoms with E-state index in [1.807, 2.05) is 12.2 Å². The van der Waals surface area contributed by atoms with Crippen molar-refractivity contribution < 1.29 is 17.9 Å². The standard InChI is InChI=1S/C20H19FO3S/c1-3-4-14-12-18-16(9-10-19(20(18)22)25(2,23)24)17(14)11-13-5-7-15(21)8-6-13/h5-12,22H,3-4H2,1-2H3/b17-11-. The number of benzene rings is 2. The van der Waals surface area contributed by atoms with E-state index in [9.17, 15) is 17.9 Å². The van der Waals surface area contributed by atoms with Gasteiger partial charge < -0.3 is 5.11 Å². The molecule has 2 aromatic carbocycles. The van der Waals surface area contributed by atoms with Crippen molar-refractivity contribution in [3.8, 4) is 5.75 Å². The van der Waals surface area contributed by atoms with Crippen LogP contribution in [0.5, 0.6) is 5.75 Å².